The van der Waals surface area contributed by atoms with Crippen LogP contribution >= 0.6 is 0 Å². The van der Waals surface area contributed by atoms with Gasteiger partial charge in [-0.2, -0.15) is 0 Å². The predicted octanol–water partition coefficient (Wildman–Crippen LogP) is 4.58. The van der Waals surface area contributed by atoms with Gasteiger partial charge in [-0.25, -0.2) is 4.79 Å². The lowest BCUT2D eigenvalue weighted by Crippen LogP contribution is -2.48. The van der Waals surface area contributed by atoms with Gasteiger partial charge in [-0.1, -0.05) is 26.7 Å². The Morgan fingerprint density at radius 1 is 1.29 bits per heavy atom. The number of rotatable bonds is 9. The fourth-order valence-corrected chi connectivity index (χ4v) is 3.76. The Hall–Kier alpha value is -2.08. The molecule has 1 aromatic carbocycles. The Kier molecular flexibility index (Phi) is 8.30. The van der Waals surface area contributed by atoms with Gasteiger partial charge in [-0.15, -0.1) is 0 Å². The van der Waals surface area contributed by atoms with E-state index in [0.29, 0.717) is 49.0 Å². The average Bonchev–Trinajstić information content (AvgIpc) is 2.68. The molecule has 1 aliphatic rings. The number of amides is 1. The number of ether oxygens (including phenoxy) is 3. The first kappa shape index (κ1) is 22.2. The summed E-state index contributed by atoms with van der Waals surface area (Å²) in [6.07, 6.45) is 5.38. The standard InChI is InChI=1S/C22H33NO5/c1-5-7-13-27-19-11-10-17(14-18(19)20(24)26-4)23-21(25)22(28-6-2)12-8-9-16(3)15-22/h10-11,14,16H,5-9,12-13,15H2,1-4H3,(H,23,25)/t16-,22+/m1/s1. The van der Waals surface area contributed by atoms with Crippen molar-refractivity contribution in [3.8, 4) is 5.75 Å². The number of unbranched alkanes of at least 4 members (excludes halogenated alkanes) is 1. The Labute approximate surface area is 167 Å². The highest BCUT2D eigenvalue weighted by Crippen LogP contribution is 2.36. The van der Waals surface area contributed by atoms with Gasteiger partial charge in [0.2, 0.25) is 0 Å². The first-order valence-electron chi connectivity index (χ1n) is 10.3. The van der Waals surface area contributed by atoms with Gasteiger partial charge in [-0.05, 0) is 56.7 Å². The molecule has 0 unspecified atom stereocenters. The van der Waals surface area contributed by atoms with E-state index in [1.54, 1.807) is 18.2 Å². The van der Waals surface area contributed by atoms with Crippen LogP contribution in [-0.2, 0) is 14.3 Å². The van der Waals surface area contributed by atoms with Crippen LogP contribution in [0.25, 0.3) is 0 Å². The third-order valence-electron chi connectivity index (χ3n) is 5.19. The smallest absolute Gasteiger partial charge is 0.341 e. The summed E-state index contributed by atoms with van der Waals surface area (Å²) in [4.78, 5) is 25.3. The topological polar surface area (TPSA) is 73.9 Å². The van der Waals surface area contributed by atoms with Crippen LogP contribution in [0.2, 0.25) is 0 Å². The third-order valence-corrected chi connectivity index (χ3v) is 5.19. The van der Waals surface area contributed by atoms with Gasteiger partial charge in [0.1, 0.15) is 16.9 Å². The molecule has 1 aliphatic carbocycles. The molecule has 0 bridgehead atoms. The van der Waals surface area contributed by atoms with Gasteiger partial charge in [0, 0.05) is 12.3 Å². The normalized spacial score (nSPS) is 21.8. The fourth-order valence-electron chi connectivity index (χ4n) is 3.76. The maximum absolute atomic E-state index is 13.1. The van der Waals surface area contributed by atoms with E-state index in [2.05, 4.69) is 19.2 Å². The molecule has 6 nitrogen and oxygen atoms in total. The number of anilines is 1. The number of nitrogens with one attached hydrogen (secondary N) is 1. The molecule has 2 atom stereocenters. The molecule has 6 heteroatoms. The summed E-state index contributed by atoms with van der Waals surface area (Å²) >= 11 is 0. The zero-order chi connectivity index (χ0) is 20.6. The van der Waals surface area contributed by atoms with Crippen molar-refractivity contribution in [2.45, 2.75) is 64.9 Å². The summed E-state index contributed by atoms with van der Waals surface area (Å²) in [5, 5.41) is 2.94. The first-order valence-corrected chi connectivity index (χ1v) is 10.3. The zero-order valence-electron chi connectivity index (χ0n) is 17.5. The Balaban J connectivity index is 2.21. The second kappa shape index (κ2) is 10.5. The molecule has 1 saturated carbocycles. The highest BCUT2D eigenvalue weighted by Gasteiger charge is 2.42. The second-order valence-corrected chi connectivity index (χ2v) is 7.49. The van der Waals surface area contributed by atoms with E-state index >= 15 is 0 Å². The number of benzene rings is 1. The van der Waals surface area contributed by atoms with Crippen LogP contribution in [0, 0.1) is 5.92 Å². The summed E-state index contributed by atoms with van der Waals surface area (Å²) in [5.41, 5.74) is 0.0261. The average molecular weight is 392 g/mol. The third kappa shape index (κ3) is 5.47. The number of esters is 1. The molecule has 0 radical (unpaired) electrons. The summed E-state index contributed by atoms with van der Waals surface area (Å²) in [6.45, 7) is 7.14. The van der Waals surface area contributed by atoms with Crippen LogP contribution in [0.5, 0.6) is 5.75 Å². The lowest BCUT2D eigenvalue weighted by atomic mass is 9.78. The number of methoxy groups -OCH3 is 1. The van der Waals surface area contributed by atoms with Gasteiger partial charge in [-0.3, -0.25) is 4.79 Å². The molecule has 0 aliphatic heterocycles. The van der Waals surface area contributed by atoms with E-state index in [1.807, 2.05) is 6.92 Å². The van der Waals surface area contributed by atoms with Crippen LogP contribution < -0.4 is 10.1 Å². The minimum atomic E-state index is -0.811. The summed E-state index contributed by atoms with van der Waals surface area (Å²) < 4.78 is 16.5. The van der Waals surface area contributed by atoms with Crippen molar-refractivity contribution in [2.24, 2.45) is 5.92 Å². The van der Waals surface area contributed by atoms with E-state index in [0.717, 1.165) is 25.7 Å². The van der Waals surface area contributed by atoms with E-state index in [9.17, 15) is 9.59 Å². The Morgan fingerprint density at radius 2 is 2.07 bits per heavy atom. The number of carbonyl (C=O) groups is 2. The molecule has 0 aromatic heterocycles. The molecule has 2 rings (SSSR count). The Morgan fingerprint density at radius 3 is 2.71 bits per heavy atom. The monoisotopic (exact) mass is 391 g/mol. The molecule has 28 heavy (non-hydrogen) atoms. The van der Waals surface area contributed by atoms with Gasteiger partial charge < -0.3 is 19.5 Å². The zero-order valence-corrected chi connectivity index (χ0v) is 17.5. The number of carbonyl (C=O) groups excluding carboxylic acids is 2. The quantitative estimate of drug-likeness (QED) is 0.493. The summed E-state index contributed by atoms with van der Waals surface area (Å²) in [6, 6.07) is 5.06. The lowest BCUT2D eigenvalue weighted by molar-refractivity contribution is -0.147. The van der Waals surface area contributed by atoms with Crippen molar-refractivity contribution in [3.63, 3.8) is 0 Å². The molecular weight excluding hydrogens is 358 g/mol. The van der Waals surface area contributed by atoms with Gasteiger partial charge in [0.15, 0.2) is 0 Å². The maximum Gasteiger partial charge on any atom is 0.341 e. The predicted molar refractivity (Wildman–Crippen MR) is 109 cm³/mol. The molecule has 0 spiro atoms. The molecule has 1 N–H and O–H groups in total. The highest BCUT2D eigenvalue weighted by molar-refractivity contribution is 5.99. The van der Waals surface area contributed by atoms with Crippen molar-refractivity contribution in [2.75, 3.05) is 25.6 Å². The number of hydrogen-bond donors (Lipinski definition) is 1. The minimum Gasteiger partial charge on any atom is -0.493 e. The van der Waals surface area contributed by atoms with E-state index in [-0.39, 0.29) is 5.91 Å². The molecule has 1 fully saturated rings. The van der Waals surface area contributed by atoms with Crippen molar-refractivity contribution < 1.29 is 23.8 Å². The van der Waals surface area contributed by atoms with Crippen LogP contribution in [-0.4, -0.2) is 37.8 Å². The van der Waals surface area contributed by atoms with Gasteiger partial charge >= 0.3 is 5.97 Å². The van der Waals surface area contributed by atoms with Crippen LogP contribution in [0.3, 0.4) is 0 Å². The molecule has 156 valence electrons. The van der Waals surface area contributed by atoms with Crippen LogP contribution in [0.1, 0.15) is 69.7 Å². The minimum absolute atomic E-state index is 0.156. The molecular formula is C22H33NO5. The summed E-state index contributed by atoms with van der Waals surface area (Å²) in [7, 11) is 1.33. The molecule has 0 heterocycles. The molecule has 0 saturated heterocycles. The van der Waals surface area contributed by atoms with Crippen molar-refractivity contribution in [3.05, 3.63) is 23.8 Å². The van der Waals surface area contributed by atoms with E-state index in [1.165, 1.54) is 7.11 Å². The van der Waals surface area contributed by atoms with E-state index < -0.39 is 11.6 Å². The first-order chi connectivity index (χ1) is 13.5. The lowest BCUT2D eigenvalue weighted by Gasteiger charge is -2.38. The van der Waals surface area contributed by atoms with Crippen molar-refractivity contribution in [1.29, 1.82) is 0 Å². The van der Waals surface area contributed by atoms with Crippen LogP contribution in [0.4, 0.5) is 5.69 Å². The number of hydrogen-bond acceptors (Lipinski definition) is 5. The Bertz CT molecular complexity index is 671. The SMILES string of the molecule is CCCCOc1ccc(NC(=O)[C@]2(OCC)CCC[C@@H](C)C2)cc1C(=O)OC. The largest absolute Gasteiger partial charge is 0.493 e. The van der Waals surface area contributed by atoms with E-state index in [4.69, 9.17) is 14.2 Å². The second-order valence-electron chi connectivity index (χ2n) is 7.49. The van der Waals surface area contributed by atoms with Gasteiger partial charge in [0.05, 0.1) is 13.7 Å². The fraction of sp³-hybridized carbons (Fsp3) is 0.636. The van der Waals surface area contributed by atoms with Gasteiger partial charge in [0.25, 0.3) is 5.91 Å². The maximum atomic E-state index is 13.1. The van der Waals surface area contributed by atoms with Crippen molar-refractivity contribution >= 4 is 17.6 Å². The van der Waals surface area contributed by atoms with Crippen molar-refractivity contribution in [1.82, 2.24) is 0 Å². The molecule has 1 aromatic rings. The molecule has 1 amide bonds. The summed E-state index contributed by atoms with van der Waals surface area (Å²) in [5.74, 6) is 0.250. The highest BCUT2D eigenvalue weighted by atomic mass is 16.5. The van der Waals surface area contributed by atoms with Crippen LogP contribution in [0.15, 0.2) is 18.2 Å².